The van der Waals surface area contributed by atoms with E-state index >= 15 is 0 Å². The zero-order chi connectivity index (χ0) is 16.2. The van der Waals surface area contributed by atoms with Gasteiger partial charge in [0, 0.05) is 0 Å². The molecule has 0 unspecified atom stereocenters. The van der Waals surface area contributed by atoms with Gasteiger partial charge in [0.15, 0.2) is 0 Å². The number of hydrogen-bond donors (Lipinski definition) is 1. The normalized spacial score (nSPS) is 12.3. The first-order chi connectivity index (χ1) is 10.1. The molecule has 0 heterocycles. The molecule has 4 N–H and O–H groups in total. The summed E-state index contributed by atoms with van der Waals surface area (Å²) < 4.78 is 0. The Morgan fingerprint density at radius 1 is 0.591 bits per heavy atom. The molecule has 0 saturated carbocycles. The van der Waals surface area contributed by atoms with Crippen LogP contribution >= 0.6 is 0 Å². The van der Waals surface area contributed by atoms with Crippen molar-refractivity contribution < 1.29 is 5.11 Å². The van der Waals surface area contributed by atoms with Gasteiger partial charge in [0.05, 0.1) is 0 Å². The average molecular weight is 316 g/mol. The van der Waals surface area contributed by atoms with Crippen LogP contribution in [0.4, 0.5) is 0 Å². The second kappa shape index (κ2) is 13.4. The van der Waals surface area contributed by atoms with Gasteiger partial charge in [-0.1, -0.05) is 105 Å². The molecule has 0 aliphatic carbocycles. The quantitative estimate of drug-likeness (QED) is 0.384. The van der Waals surface area contributed by atoms with Crippen LogP contribution < -0.4 is 11.3 Å². The van der Waals surface area contributed by atoms with Gasteiger partial charge in [-0.3, -0.25) is 0 Å². The third-order valence-electron chi connectivity index (χ3n) is 5.53. The number of rotatable bonds is 14. The predicted octanol–water partition coefficient (Wildman–Crippen LogP) is 6.62. The molecule has 0 aromatic rings. The highest BCUT2D eigenvalue weighted by atomic mass is 16.3. The molecule has 0 spiro atoms. The highest BCUT2D eigenvalue weighted by Crippen LogP contribution is 2.47. The van der Waals surface area contributed by atoms with E-state index in [2.05, 4.69) is 34.6 Å². The molecule has 0 amide bonds. The van der Waals surface area contributed by atoms with Crippen molar-refractivity contribution in [2.24, 2.45) is 5.41 Å². The van der Waals surface area contributed by atoms with Crippen molar-refractivity contribution in [2.45, 2.75) is 124 Å². The van der Waals surface area contributed by atoms with E-state index in [1.807, 2.05) is 0 Å². The Kier molecular flexibility index (Phi) is 14.7. The van der Waals surface area contributed by atoms with E-state index in [4.69, 9.17) is 0 Å². The maximum atomic E-state index is 13.9. The molecule has 0 atom stereocenters. The molecule has 22 heavy (non-hydrogen) atoms. The number of quaternary nitrogens is 1. The zero-order valence-corrected chi connectivity index (χ0v) is 16.6. The zero-order valence-electron chi connectivity index (χ0n) is 16.6. The topological polar surface area (TPSA) is 59.6 Å². The van der Waals surface area contributed by atoms with Crippen molar-refractivity contribution in [3.8, 4) is 0 Å². The average Bonchev–Trinajstić information content (AvgIpc) is 2.51. The van der Waals surface area contributed by atoms with Crippen LogP contribution in [-0.4, -0.2) is 5.60 Å². The molecule has 2 nitrogen and oxygen atoms in total. The first-order valence-corrected chi connectivity index (χ1v) is 9.76. The maximum absolute atomic E-state index is 13.9. The van der Waals surface area contributed by atoms with Gasteiger partial charge < -0.3 is 11.3 Å². The Morgan fingerprint density at radius 3 is 1.18 bits per heavy atom. The largest absolute Gasteiger partial charge is 0.849 e. The van der Waals surface area contributed by atoms with Crippen LogP contribution in [0.5, 0.6) is 0 Å². The lowest BCUT2D eigenvalue weighted by molar-refractivity contribution is -0.515. The van der Waals surface area contributed by atoms with Gasteiger partial charge in [0.1, 0.15) is 0 Å². The first-order valence-electron chi connectivity index (χ1n) is 9.76. The molecule has 0 radical (unpaired) electrons. The fraction of sp³-hybridized carbons (Fsp3) is 1.00. The summed E-state index contributed by atoms with van der Waals surface area (Å²) in [6, 6.07) is 0. The minimum Gasteiger partial charge on any atom is -0.849 e. The van der Waals surface area contributed by atoms with E-state index in [0.29, 0.717) is 0 Å². The van der Waals surface area contributed by atoms with Crippen LogP contribution in [0.2, 0.25) is 0 Å². The monoisotopic (exact) mass is 315 g/mol. The molecule has 0 rings (SSSR count). The van der Waals surface area contributed by atoms with Gasteiger partial charge in [-0.25, -0.2) is 0 Å². The third kappa shape index (κ3) is 7.00. The van der Waals surface area contributed by atoms with Crippen LogP contribution in [0.3, 0.4) is 0 Å². The van der Waals surface area contributed by atoms with E-state index in [-0.39, 0.29) is 11.6 Å². The van der Waals surface area contributed by atoms with Crippen molar-refractivity contribution in [3.63, 3.8) is 0 Å². The summed E-state index contributed by atoms with van der Waals surface area (Å²) in [5.41, 5.74) is -0.637. The molecule has 0 bridgehead atoms. The van der Waals surface area contributed by atoms with Crippen LogP contribution in [0.25, 0.3) is 0 Å². The first kappa shape index (κ1) is 24.2. The summed E-state index contributed by atoms with van der Waals surface area (Å²) in [4.78, 5) is 0. The van der Waals surface area contributed by atoms with Crippen LogP contribution in [0.1, 0.15) is 118 Å². The second-order valence-electron chi connectivity index (χ2n) is 7.04. The number of unbranched alkanes of at least 4 members (excludes halogenated alkanes) is 4. The Balaban J connectivity index is 0. The molecule has 0 aromatic carbocycles. The summed E-state index contributed by atoms with van der Waals surface area (Å²) in [6.45, 7) is 11.2. The molecule has 0 aliphatic rings. The smallest absolute Gasteiger partial charge is 0.0396 e. The predicted molar refractivity (Wildman–Crippen MR) is 99.5 cm³/mol. The summed E-state index contributed by atoms with van der Waals surface area (Å²) in [5, 5.41) is 13.9. The Labute approximate surface area is 141 Å². The minimum atomic E-state index is -0.682. The van der Waals surface area contributed by atoms with Gasteiger partial charge in [0.25, 0.3) is 0 Å². The molecular weight excluding hydrogens is 270 g/mol. The lowest BCUT2D eigenvalue weighted by Crippen LogP contribution is -2.58. The fourth-order valence-corrected chi connectivity index (χ4v) is 3.87. The summed E-state index contributed by atoms with van der Waals surface area (Å²) in [6.07, 6.45) is 14.5. The van der Waals surface area contributed by atoms with Gasteiger partial charge in [-0.15, -0.1) is 5.60 Å². The molecule has 0 aromatic heterocycles. The van der Waals surface area contributed by atoms with Gasteiger partial charge in [-0.2, -0.15) is 0 Å². The van der Waals surface area contributed by atoms with E-state index in [1.165, 1.54) is 25.7 Å². The standard InChI is InChI=1S/C20H41O.H3N/c1-6-11-15-19(10-5,16-12-7-2)20(21,17-13-8-3)18-14-9-4;/h6-18H2,1-5H3;1H3/q-1;/p+1. The van der Waals surface area contributed by atoms with Crippen LogP contribution in [0, 0.1) is 5.41 Å². The fourth-order valence-electron chi connectivity index (χ4n) is 3.87. The van der Waals surface area contributed by atoms with E-state index in [0.717, 1.165) is 57.8 Å². The highest BCUT2D eigenvalue weighted by molar-refractivity contribution is 4.96. The molecule has 0 fully saturated rings. The lowest BCUT2D eigenvalue weighted by Gasteiger charge is -2.58. The highest BCUT2D eigenvalue weighted by Gasteiger charge is 2.39. The van der Waals surface area contributed by atoms with Crippen molar-refractivity contribution in [2.75, 3.05) is 0 Å². The van der Waals surface area contributed by atoms with Crippen LogP contribution in [0.15, 0.2) is 0 Å². The minimum absolute atomic E-state index is 0. The Hall–Kier alpha value is -0.0800. The van der Waals surface area contributed by atoms with E-state index in [1.54, 1.807) is 0 Å². The number of hydrogen-bond acceptors (Lipinski definition) is 1. The Bertz CT molecular complexity index is 224. The molecule has 0 aliphatic heterocycles. The van der Waals surface area contributed by atoms with Gasteiger partial charge in [0.2, 0.25) is 0 Å². The molecular formula is C20H45NO. The molecule has 0 saturated heterocycles. The maximum Gasteiger partial charge on any atom is -0.0396 e. The van der Waals surface area contributed by atoms with Gasteiger partial charge >= 0.3 is 0 Å². The summed E-state index contributed by atoms with van der Waals surface area (Å²) >= 11 is 0. The molecule has 2 heteroatoms. The van der Waals surface area contributed by atoms with Crippen molar-refractivity contribution in [1.82, 2.24) is 6.15 Å². The van der Waals surface area contributed by atoms with Crippen LogP contribution in [-0.2, 0) is 0 Å². The Morgan fingerprint density at radius 2 is 0.909 bits per heavy atom. The van der Waals surface area contributed by atoms with Crippen molar-refractivity contribution in [1.29, 1.82) is 0 Å². The summed E-state index contributed by atoms with van der Waals surface area (Å²) in [5.74, 6) is 0. The van der Waals surface area contributed by atoms with Gasteiger partial charge in [-0.05, 0) is 18.3 Å². The summed E-state index contributed by atoms with van der Waals surface area (Å²) in [7, 11) is 0. The van der Waals surface area contributed by atoms with Crippen molar-refractivity contribution in [3.05, 3.63) is 0 Å². The van der Waals surface area contributed by atoms with E-state index < -0.39 is 5.60 Å². The lowest BCUT2D eigenvalue weighted by atomic mass is 9.61. The van der Waals surface area contributed by atoms with E-state index in [9.17, 15) is 5.11 Å². The SMILES string of the molecule is CCCCC([O-])(CCCC)C(CC)(CCCC)CCCC.[NH4+]. The third-order valence-corrected chi connectivity index (χ3v) is 5.53. The second-order valence-corrected chi connectivity index (χ2v) is 7.04. The van der Waals surface area contributed by atoms with Crippen molar-refractivity contribution >= 4 is 0 Å². The molecule has 136 valence electrons.